The van der Waals surface area contributed by atoms with Crippen molar-refractivity contribution in [2.45, 2.75) is 44.2 Å². The van der Waals surface area contributed by atoms with E-state index in [4.69, 9.17) is 15.2 Å². The van der Waals surface area contributed by atoms with Crippen LogP contribution in [0.2, 0.25) is 0 Å². The Morgan fingerprint density at radius 3 is 2.58 bits per heavy atom. The molecule has 0 saturated carbocycles. The molecule has 1 atom stereocenters. The van der Waals surface area contributed by atoms with Crippen LogP contribution in [0.15, 0.2) is 30.3 Å². The first-order valence-electron chi connectivity index (χ1n) is 7.28. The summed E-state index contributed by atoms with van der Waals surface area (Å²) in [7, 11) is 0. The predicted molar refractivity (Wildman–Crippen MR) is 77.1 cm³/mol. The van der Waals surface area contributed by atoms with E-state index in [0.29, 0.717) is 0 Å². The van der Waals surface area contributed by atoms with Gasteiger partial charge in [-0.25, -0.2) is 0 Å². The highest BCUT2D eigenvalue weighted by atomic mass is 16.5. The van der Waals surface area contributed by atoms with Crippen LogP contribution in [0, 0.1) is 0 Å². The summed E-state index contributed by atoms with van der Waals surface area (Å²) >= 11 is 0. The van der Waals surface area contributed by atoms with Crippen LogP contribution in [-0.2, 0) is 15.9 Å². The average molecular weight is 263 g/mol. The van der Waals surface area contributed by atoms with E-state index in [2.05, 4.69) is 24.3 Å². The molecule has 1 unspecified atom stereocenters. The maximum absolute atomic E-state index is 6.44. The molecule has 0 aromatic heterocycles. The molecule has 0 spiro atoms. The summed E-state index contributed by atoms with van der Waals surface area (Å²) in [6, 6.07) is 10.6. The number of nitrogens with two attached hydrogens (primary N) is 1. The molecule has 3 nitrogen and oxygen atoms in total. The summed E-state index contributed by atoms with van der Waals surface area (Å²) in [4.78, 5) is 0. The molecule has 0 amide bonds. The molecule has 1 aliphatic rings. The summed E-state index contributed by atoms with van der Waals surface area (Å²) < 4.78 is 11.5. The van der Waals surface area contributed by atoms with Crippen molar-refractivity contribution in [1.29, 1.82) is 0 Å². The lowest BCUT2D eigenvalue weighted by Gasteiger charge is -2.41. The van der Waals surface area contributed by atoms with Crippen LogP contribution in [0.3, 0.4) is 0 Å². The van der Waals surface area contributed by atoms with Crippen molar-refractivity contribution < 1.29 is 9.47 Å². The largest absolute Gasteiger partial charge is 0.381 e. The summed E-state index contributed by atoms with van der Waals surface area (Å²) in [5.41, 5.74) is 7.60. The smallest absolute Gasteiger partial charge is 0.0876 e. The van der Waals surface area contributed by atoms with Gasteiger partial charge in [0.25, 0.3) is 0 Å². The third kappa shape index (κ3) is 3.78. The lowest BCUT2D eigenvalue weighted by Crippen LogP contribution is -2.53. The van der Waals surface area contributed by atoms with Crippen molar-refractivity contribution in [2.24, 2.45) is 5.73 Å². The van der Waals surface area contributed by atoms with Gasteiger partial charge >= 0.3 is 0 Å². The molecule has 1 aromatic rings. The normalized spacial score (nSPS) is 20.1. The average Bonchev–Trinajstić information content (AvgIpc) is 2.47. The minimum absolute atomic E-state index is 0.0801. The fraction of sp³-hybridized carbons (Fsp3) is 0.625. The third-order valence-corrected chi connectivity index (χ3v) is 4.03. The number of hydrogen-bond donors (Lipinski definition) is 1. The van der Waals surface area contributed by atoms with Crippen molar-refractivity contribution in [1.82, 2.24) is 0 Å². The van der Waals surface area contributed by atoms with Crippen LogP contribution < -0.4 is 5.73 Å². The second kappa shape index (κ2) is 7.04. The second-order valence-electron chi connectivity index (χ2n) is 5.24. The van der Waals surface area contributed by atoms with Gasteiger partial charge in [0.2, 0.25) is 0 Å². The SMILES string of the molecule is CCOC1(C(N)CCc2ccccc2)CCOCC1. The first-order valence-corrected chi connectivity index (χ1v) is 7.28. The Morgan fingerprint density at radius 2 is 1.95 bits per heavy atom. The van der Waals surface area contributed by atoms with E-state index in [0.717, 1.165) is 45.5 Å². The van der Waals surface area contributed by atoms with Crippen molar-refractivity contribution in [2.75, 3.05) is 19.8 Å². The fourth-order valence-electron chi connectivity index (χ4n) is 2.86. The van der Waals surface area contributed by atoms with Gasteiger partial charge < -0.3 is 15.2 Å². The number of aryl methyl sites for hydroxylation is 1. The lowest BCUT2D eigenvalue weighted by molar-refractivity contribution is -0.121. The minimum Gasteiger partial charge on any atom is -0.381 e. The van der Waals surface area contributed by atoms with E-state index in [1.807, 2.05) is 13.0 Å². The molecule has 0 radical (unpaired) electrons. The number of hydrogen-bond acceptors (Lipinski definition) is 3. The zero-order chi connectivity index (χ0) is 13.6. The monoisotopic (exact) mass is 263 g/mol. The minimum atomic E-state index is -0.179. The molecular formula is C16H25NO2. The Labute approximate surface area is 116 Å². The van der Waals surface area contributed by atoms with Crippen molar-refractivity contribution in [3.8, 4) is 0 Å². The Morgan fingerprint density at radius 1 is 1.26 bits per heavy atom. The number of ether oxygens (including phenoxy) is 2. The zero-order valence-electron chi connectivity index (χ0n) is 11.8. The van der Waals surface area contributed by atoms with Crippen molar-refractivity contribution in [3.05, 3.63) is 35.9 Å². The Hall–Kier alpha value is -0.900. The van der Waals surface area contributed by atoms with Gasteiger partial charge in [0, 0.05) is 38.7 Å². The van der Waals surface area contributed by atoms with Crippen LogP contribution in [0.5, 0.6) is 0 Å². The van der Waals surface area contributed by atoms with E-state index in [-0.39, 0.29) is 11.6 Å². The van der Waals surface area contributed by atoms with Gasteiger partial charge in [0.1, 0.15) is 0 Å². The van der Waals surface area contributed by atoms with E-state index in [9.17, 15) is 0 Å². The van der Waals surface area contributed by atoms with Crippen LogP contribution in [0.4, 0.5) is 0 Å². The molecule has 1 aliphatic heterocycles. The van der Waals surface area contributed by atoms with Gasteiger partial charge in [-0.3, -0.25) is 0 Å². The van der Waals surface area contributed by atoms with Crippen LogP contribution in [0.25, 0.3) is 0 Å². The van der Waals surface area contributed by atoms with Gasteiger partial charge in [-0.15, -0.1) is 0 Å². The molecule has 1 saturated heterocycles. The molecular weight excluding hydrogens is 238 g/mol. The first kappa shape index (κ1) is 14.5. The van der Waals surface area contributed by atoms with E-state index >= 15 is 0 Å². The maximum Gasteiger partial charge on any atom is 0.0876 e. The molecule has 1 heterocycles. The molecule has 1 fully saturated rings. The summed E-state index contributed by atoms with van der Waals surface area (Å²) in [5, 5.41) is 0. The van der Waals surface area contributed by atoms with Crippen molar-refractivity contribution in [3.63, 3.8) is 0 Å². The highest BCUT2D eigenvalue weighted by Crippen LogP contribution is 2.30. The van der Waals surface area contributed by atoms with Gasteiger partial charge in [-0.05, 0) is 25.3 Å². The van der Waals surface area contributed by atoms with E-state index < -0.39 is 0 Å². The fourth-order valence-corrected chi connectivity index (χ4v) is 2.86. The van der Waals surface area contributed by atoms with Crippen molar-refractivity contribution >= 4 is 0 Å². The molecule has 106 valence electrons. The van der Waals surface area contributed by atoms with E-state index in [1.54, 1.807) is 0 Å². The quantitative estimate of drug-likeness (QED) is 0.857. The summed E-state index contributed by atoms with van der Waals surface area (Å²) in [5.74, 6) is 0. The molecule has 19 heavy (non-hydrogen) atoms. The van der Waals surface area contributed by atoms with Gasteiger partial charge in [0.05, 0.1) is 5.60 Å². The highest BCUT2D eigenvalue weighted by molar-refractivity contribution is 5.15. The zero-order valence-corrected chi connectivity index (χ0v) is 11.8. The molecule has 0 aliphatic carbocycles. The highest BCUT2D eigenvalue weighted by Gasteiger charge is 2.38. The molecule has 1 aromatic carbocycles. The summed E-state index contributed by atoms with van der Waals surface area (Å²) in [6.45, 7) is 4.29. The Kier molecular flexibility index (Phi) is 5.37. The number of benzene rings is 1. The van der Waals surface area contributed by atoms with Crippen LogP contribution in [-0.4, -0.2) is 31.5 Å². The predicted octanol–water partition coefficient (Wildman–Crippen LogP) is 2.53. The second-order valence-corrected chi connectivity index (χ2v) is 5.24. The molecule has 3 heteroatoms. The van der Waals surface area contributed by atoms with Gasteiger partial charge in [-0.1, -0.05) is 30.3 Å². The maximum atomic E-state index is 6.44. The molecule has 0 bridgehead atoms. The van der Waals surface area contributed by atoms with Gasteiger partial charge in [-0.2, -0.15) is 0 Å². The Balaban J connectivity index is 1.93. The topological polar surface area (TPSA) is 44.5 Å². The molecule has 2 N–H and O–H groups in total. The summed E-state index contributed by atoms with van der Waals surface area (Å²) in [6.07, 6.45) is 3.80. The Bertz CT molecular complexity index is 355. The van der Waals surface area contributed by atoms with Gasteiger partial charge in [0.15, 0.2) is 0 Å². The van der Waals surface area contributed by atoms with Crippen LogP contribution in [0.1, 0.15) is 31.7 Å². The third-order valence-electron chi connectivity index (χ3n) is 4.03. The lowest BCUT2D eigenvalue weighted by atomic mass is 9.83. The molecule has 2 rings (SSSR count). The van der Waals surface area contributed by atoms with E-state index in [1.165, 1.54) is 5.56 Å². The number of rotatable bonds is 6. The van der Waals surface area contributed by atoms with Crippen LogP contribution >= 0.6 is 0 Å². The standard InChI is InChI=1S/C16H25NO2/c1-2-19-16(10-12-18-13-11-16)15(17)9-8-14-6-4-3-5-7-14/h3-7,15H,2,8-13,17H2,1H3. The first-order chi connectivity index (χ1) is 9.27.